The number of urea groups is 1. The highest BCUT2D eigenvalue weighted by Gasteiger charge is 2.16. The fourth-order valence-electron chi connectivity index (χ4n) is 1.66. The number of thiazole rings is 1. The third kappa shape index (κ3) is 6.02. The van der Waals surface area contributed by atoms with Crippen LogP contribution in [0.15, 0.2) is 5.38 Å². The van der Waals surface area contributed by atoms with Gasteiger partial charge in [0.1, 0.15) is 0 Å². The first-order chi connectivity index (χ1) is 8.67. The molecule has 0 fully saturated rings. The second kappa shape index (κ2) is 6.34. The second-order valence-electron chi connectivity index (χ2n) is 6.04. The Morgan fingerprint density at radius 2 is 2.21 bits per heavy atom. The van der Waals surface area contributed by atoms with E-state index in [9.17, 15) is 9.90 Å². The summed E-state index contributed by atoms with van der Waals surface area (Å²) in [5.41, 5.74) is 1.17. The van der Waals surface area contributed by atoms with Gasteiger partial charge in [-0.1, -0.05) is 20.8 Å². The van der Waals surface area contributed by atoms with E-state index in [4.69, 9.17) is 0 Å². The molecule has 1 aromatic heterocycles. The molecule has 6 heteroatoms. The number of anilines is 1. The van der Waals surface area contributed by atoms with Crippen molar-refractivity contribution in [2.45, 2.75) is 40.2 Å². The topological polar surface area (TPSA) is 65.5 Å². The molecular weight excluding hydrogens is 262 g/mol. The summed E-state index contributed by atoms with van der Waals surface area (Å²) in [6.45, 7) is 8.41. The molecule has 2 amide bonds. The molecule has 0 saturated heterocycles. The van der Waals surface area contributed by atoms with Gasteiger partial charge in [-0.15, -0.1) is 11.3 Å². The second-order valence-corrected chi connectivity index (χ2v) is 6.90. The molecule has 0 spiro atoms. The molecule has 0 saturated carbocycles. The number of hydrogen-bond donors (Lipinski definition) is 2. The van der Waals surface area contributed by atoms with Crippen LogP contribution in [0.25, 0.3) is 0 Å². The SMILES string of the molecule is CC(O)CN(C)C(=O)Nc1nc(CC(C)(C)C)cs1. The van der Waals surface area contributed by atoms with Crippen LogP contribution in [0, 0.1) is 5.41 Å². The van der Waals surface area contributed by atoms with Crippen molar-refractivity contribution in [3.8, 4) is 0 Å². The molecule has 0 aliphatic carbocycles. The summed E-state index contributed by atoms with van der Waals surface area (Å²) < 4.78 is 0. The summed E-state index contributed by atoms with van der Waals surface area (Å²) in [7, 11) is 1.64. The highest BCUT2D eigenvalue weighted by Crippen LogP contribution is 2.23. The van der Waals surface area contributed by atoms with Crippen molar-refractivity contribution in [1.82, 2.24) is 9.88 Å². The quantitative estimate of drug-likeness (QED) is 0.893. The fourth-order valence-corrected chi connectivity index (χ4v) is 2.35. The number of likely N-dealkylation sites (N-methyl/N-ethyl adjacent to an activating group) is 1. The Balaban J connectivity index is 2.56. The zero-order valence-corrected chi connectivity index (χ0v) is 13.0. The predicted molar refractivity (Wildman–Crippen MR) is 78.6 cm³/mol. The molecular formula is C13H23N3O2S. The van der Waals surface area contributed by atoms with Crippen LogP contribution >= 0.6 is 11.3 Å². The van der Waals surface area contributed by atoms with Crippen LogP contribution in [-0.2, 0) is 6.42 Å². The average Bonchev–Trinajstić information content (AvgIpc) is 2.61. The Morgan fingerprint density at radius 3 is 2.74 bits per heavy atom. The highest BCUT2D eigenvalue weighted by molar-refractivity contribution is 7.13. The average molecular weight is 285 g/mol. The molecule has 1 unspecified atom stereocenters. The van der Waals surface area contributed by atoms with E-state index in [0.717, 1.165) is 12.1 Å². The van der Waals surface area contributed by atoms with Crippen molar-refractivity contribution in [1.29, 1.82) is 0 Å². The molecule has 2 N–H and O–H groups in total. The summed E-state index contributed by atoms with van der Waals surface area (Å²) >= 11 is 1.42. The molecule has 19 heavy (non-hydrogen) atoms. The van der Waals surface area contributed by atoms with E-state index in [-0.39, 0.29) is 11.4 Å². The lowest BCUT2D eigenvalue weighted by Gasteiger charge is -2.18. The third-order valence-corrected chi connectivity index (χ3v) is 3.17. The summed E-state index contributed by atoms with van der Waals surface area (Å²) in [4.78, 5) is 17.6. The summed E-state index contributed by atoms with van der Waals surface area (Å²) in [6.07, 6.45) is 0.339. The van der Waals surface area contributed by atoms with Crippen molar-refractivity contribution >= 4 is 22.5 Å². The Bertz CT molecular complexity index is 424. The van der Waals surface area contributed by atoms with Crippen molar-refractivity contribution in [3.63, 3.8) is 0 Å². The Labute approximate surface area is 118 Å². The van der Waals surface area contributed by atoms with Gasteiger partial charge < -0.3 is 10.0 Å². The van der Waals surface area contributed by atoms with Gasteiger partial charge in [0.15, 0.2) is 5.13 Å². The van der Waals surface area contributed by atoms with Crippen molar-refractivity contribution in [2.24, 2.45) is 5.41 Å². The third-order valence-electron chi connectivity index (χ3n) is 2.36. The number of carbonyl (C=O) groups is 1. The zero-order chi connectivity index (χ0) is 14.6. The number of carbonyl (C=O) groups excluding carboxylic acids is 1. The van der Waals surface area contributed by atoms with E-state index in [1.165, 1.54) is 16.2 Å². The molecule has 0 aromatic carbocycles. The molecule has 1 atom stereocenters. The van der Waals surface area contributed by atoms with Gasteiger partial charge in [0.05, 0.1) is 11.8 Å². The van der Waals surface area contributed by atoms with E-state index in [1.54, 1.807) is 14.0 Å². The number of aliphatic hydroxyl groups excluding tert-OH is 1. The van der Waals surface area contributed by atoms with Gasteiger partial charge in [-0.25, -0.2) is 9.78 Å². The van der Waals surface area contributed by atoms with Gasteiger partial charge >= 0.3 is 6.03 Å². The minimum Gasteiger partial charge on any atom is -0.392 e. The van der Waals surface area contributed by atoms with Crippen LogP contribution in [0.2, 0.25) is 0 Å². The maximum Gasteiger partial charge on any atom is 0.323 e. The monoisotopic (exact) mass is 285 g/mol. The number of hydrogen-bond acceptors (Lipinski definition) is 4. The summed E-state index contributed by atoms with van der Waals surface area (Å²) in [5, 5.41) is 14.5. The minimum absolute atomic E-state index is 0.179. The molecule has 0 aliphatic heterocycles. The number of aromatic nitrogens is 1. The molecule has 1 heterocycles. The van der Waals surface area contributed by atoms with Gasteiger partial charge in [-0.2, -0.15) is 0 Å². The van der Waals surface area contributed by atoms with Crippen molar-refractivity contribution in [2.75, 3.05) is 18.9 Å². The number of nitrogens with one attached hydrogen (secondary N) is 1. The number of nitrogens with zero attached hydrogens (tertiary/aromatic N) is 2. The maximum atomic E-state index is 11.8. The van der Waals surface area contributed by atoms with E-state index >= 15 is 0 Å². The Morgan fingerprint density at radius 1 is 1.58 bits per heavy atom. The van der Waals surface area contributed by atoms with E-state index in [2.05, 4.69) is 31.1 Å². The van der Waals surface area contributed by atoms with Crippen LogP contribution in [0.1, 0.15) is 33.4 Å². The molecule has 0 bridgehead atoms. The molecule has 0 aliphatic rings. The standard InChI is InChI=1S/C13H23N3O2S/c1-9(17)7-16(5)12(18)15-11-14-10(8-19-11)6-13(2,3)4/h8-9,17H,6-7H2,1-5H3,(H,14,15,18). The zero-order valence-electron chi connectivity index (χ0n) is 12.2. The molecule has 5 nitrogen and oxygen atoms in total. The van der Waals surface area contributed by atoms with Gasteiger partial charge in [-0.05, 0) is 18.8 Å². The maximum absolute atomic E-state index is 11.8. The van der Waals surface area contributed by atoms with Gasteiger partial charge in [0, 0.05) is 19.0 Å². The van der Waals surface area contributed by atoms with Crippen molar-refractivity contribution < 1.29 is 9.90 Å². The Kier molecular flexibility index (Phi) is 5.31. The number of rotatable bonds is 4. The Hall–Kier alpha value is -1.14. The van der Waals surface area contributed by atoms with Crippen molar-refractivity contribution in [3.05, 3.63) is 11.1 Å². The van der Waals surface area contributed by atoms with Crippen LogP contribution in [0.5, 0.6) is 0 Å². The van der Waals surface area contributed by atoms with Crippen LogP contribution < -0.4 is 5.32 Å². The normalized spacial score (nSPS) is 13.2. The van der Waals surface area contributed by atoms with Gasteiger partial charge in [0.25, 0.3) is 0 Å². The number of aliphatic hydroxyl groups is 1. The molecule has 108 valence electrons. The van der Waals surface area contributed by atoms with Gasteiger partial charge in [0.2, 0.25) is 0 Å². The lowest BCUT2D eigenvalue weighted by Crippen LogP contribution is -2.36. The van der Waals surface area contributed by atoms with Crippen LogP contribution in [0.3, 0.4) is 0 Å². The first-order valence-electron chi connectivity index (χ1n) is 6.32. The first-order valence-corrected chi connectivity index (χ1v) is 7.20. The van der Waals surface area contributed by atoms with E-state index < -0.39 is 6.10 Å². The largest absolute Gasteiger partial charge is 0.392 e. The molecule has 1 rings (SSSR count). The first kappa shape index (κ1) is 15.9. The molecule has 1 aromatic rings. The summed E-state index contributed by atoms with van der Waals surface area (Å²) in [5.74, 6) is 0. The minimum atomic E-state index is -0.538. The number of amides is 2. The smallest absolute Gasteiger partial charge is 0.323 e. The predicted octanol–water partition coefficient (Wildman–Crippen LogP) is 2.58. The lowest BCUT2D eigenvalue weighted by atomic mass is 9.91. The van der Waals surface area contributed by atoms with Crippen LogP contribution in [-0.4, -0.2) is 40.7 Å². The highest BCUT2D eigenvalue weighted by atomic mass is 32.1. The molecule has 0 radical (unpaired) electrons. The van der Waals surface area contributed by atoms with E-state index in [0.29, 0.717) is 11.7 Å². The van der Waals surface area contributed by atoms with Crippen LogP contribution in [0.4, 0.5) is 9.93 Å². The summed E-state index contributed by atoms with van der Waals surface area (Å²) in [6, 6.07) is -0.252. The van der Waals surface area contributed by atoms with Gasteiger partial charge in [-0.3, -0.25) is 5.32 Å². The lowest BCUT2D eigenvalue weighted by molar-refractivity contribution is 0.149. The fraction of sp³-hybridized carbons (Fsp3) is 0.692. The van der Waals surface area contributed by atoms with E-state index in [1.807, 2.05) is 5.38 Å².